The van der Waals surface area contributed by atoms with E-state index in [-0.39, 0.29) is 0 Å². The summed E-state index contributed by atoms with van der Waals surface area (Å²) in [5, 5.41) is 5.26. The molecule has 17 heavy (non-hydrogen) atoms. The summed E-state index contributed by atoms with van der Waals surface area (Å²) >= 11 is 1.65. The quantitative estimate of drug-likeness (QED) is 0.616. The molecule has 2 aromatic heterocycles. The van der Waals surface area contributed by atoms with Gasteiger partial charge in [0.1, 0.15) is 0 Å². The Bertz CT molecular complexity index is 507. The monoisotopic (exact) mass is 248 g/mol. The molecule has 2 heterocycles. The topological polar surface area (TPSA) is 43.6 Å². The van der Waals surface area contributed by atoms with Crippen molar-refractivity contribution < 1.29 is 0 Å². The first-order valence-electron chi connectivity index (χ1n) is 5.74. The molecule has 90 valence electrons. The molecule has 0 saturated heterocycles. The zero-order chi connectivity index (χ0) is 12.3. The summed E-state index contributed by atoms with van der Waals surface area (Å²) in [6.45, 7) is 7.06. The largest absolute Gasteiger partial charge is 0.272 e. The van der Waals surface area contributed by atoms with E-state index in [1.807, 2.05) is 30.1 Å². The van der Waals surface area contributed by atoms with Gasteiger partial charge in [0.2, 0.25) is 0 Å². The van der Waals surface area contributed by atoms with Crippen LogP contribution in [-0.2, 0) is 6.54 Å². The minimum absolute atomic E-state index is 0.827. The van der Waals surface area contributed by atoms with Crippen LogP contribution in [0.5, 0.6) is 0 Å². The van der Waals surface area contributed by atoms with E-state index in [2.05, 4.69) is 28.9 Å². The molecule has 0 aliphatic heterocycles. The van der Waals surface area contributed by atoms with Crippen LogP contribution in [0.2, 0.25) is 0 Å². The van der Waals surface area contributed by atoms with Crippen molar-refractivity contribution in [2.75, 3.05) is 5.75 Å². The molecular weight excluding hydrogens is 232 g/mol. The van der Waals surface area contributed by atoms with Crippen molar-refractivity contribution in [3.63, 3.8) is 0 Å². The number of aromatic nitrogens is 4. The third-order valence-corrected chi connectivity index (χ3v) is 3.20. The van der Waals surface area contributed by atoms with E-state index >= 15 is 0 Å². The van der Waals surface area contributed by atoms with Gasteiger partial charge in [-0.3, -0.25) is 4.68 Å². The van der Waals surface area contributed by atoms with E-state index in [1.165, 1.54) is 0 Å². The van der Waals surface area contributed by atoms with E-state index in [9.17, 15) is 0 Å². The highest BCUT2D eigenvalue weighted by Crippen LogP contribution is 2.22. The number of hydrogen-bond donors (Lipinski definition) is 0. The van der Waals surface area contributed by atoms with Gasteiger partial charge in [0.25, 0.3) is 0 Å². The molecule has 0 aromatic carbocycles. The summed E-state index contributed by atoms with van der Waals surface area (Å²) in [4.78, 5) is 8.78. The highest BCUT2D eigenvalue weighted by Gasteiger charge is 2.09. The van der Waals surface area contributed by atoms with Gasteiger partial charge in [-0.05, 0) is 25.7 Å². The van der Waals surface area contributed by atoms with E-state index in [0.29, 0.717) is 0 Å². The van der Waals surface area contributed by atoms with Gasteiger partial charge in [0.15, 0.2) is 5.16 Å². The average molecular weight is 248 g/mol. The fraction of sp³-hybridized carbons (Fsp3) is 0.417. The lowest BCUT2D eigenvalue weighted by Crippen LogP contribution is -1.93. The van der Waals surface area contributed by atoms with Crippen LogP contribution in [0, 0.1) is 6.92 Å². The van der Waals surface area contributed by atoms with Crippen LogP contribution in [0.3, 0.4) is 0 Å². The summed E-state index contributed by atoms with van der Waals surface area (Å²) in [7, 11) is 0. The first-order chi connectivity index (χ1) is 8.24. The van der Waals surface area contributed by atoms with Crippen molar-refractivity contribution in [3.8, 4) is 11.3 Å². The third-order valence-electron chi connectivity index (χ3n) is 2.45. The van der Waals surface area contributed by atoms with E-state index < -0.39 is 0 Å². The summed E-state index contributed by atoms with van der Waals surface area (Å²) in [5.41, 5.74) is 3.05. The summed E-state index contributed by atoms with van der Waals surface area (Å²) in [6.07, 6.45) is 3.85. The maximum atomic E-state index is 4.54. The molecule has 0 atom stereocenters. The summed E-state index contributed by atoms with van der Waals surface area (Å²) in [5.74, 6) is 0.983. The standard InChI is InChI=1S/C12H16N4S/c1-4-16-8-10(9(3)15-16)11-6-7-13-12(14-11)17-5-2/h6-8H,4-5H2,1-3H3. The minimum Gasteiger partial charge on any atom is -0.272 e. The van der Waals surface area contributed by atoms with Gasteiger partial charge in [-0.15, -0.1) is 0 Å². The average Bonchev–Trinajstić information content (AvgIpc) is 2.71. The Morgan fingerprint density at radius 2 is 2.18 bits per heavy atom. The van der Waals surface area contributed by atoms with Crippen molar-refractivity contribution >= 4 is 11.8 Å². The molecule has 0 aliphatic carbocycles. The van der Waals surface area contributed by atoms with Crippen LogP contribution in [-0.4, -0.2) is 25.5 Å². The number of rotatable bonds is 4. The second-order valence-electron chi connectivity index (χ2n) is 3.64. The smallest absolute Gasteiger partial charge is 0.188 e. The second kappa shape index (κ2) is 5.31. The molecule has 0 fully saturated rings. The molecule has 4 nitrogen and oxygen atoms in total. The van der Waals surface area contributed by atoms with E-state index in [4.69, 9.17) is 0 Å². The van der Waals surface area contributed by atoms with Gasteiger partial charge in [-0.25, -0.2) is 9.97 Å². The Labute approximate surface area is 105 Å². The third kappa shape index (κ3) is 2.66. The van der Waals surface area contributed by atoms with Gasteiger partial charge < -0.3 is 0 Å². The lowest BCUT2D eigenvalue weighted by molar-refractivity contribution is 0.653. The maximum Gasteiger partial charge on any atom is 0.188 e. The van der Waals surface area contributed by atoms with Crippen LogP contribution in [0.1, 0.15) is 19.5 Å². The molecule has 0 aliphatic rings. The van der Waals surface area contributed by atoms with Crippen molar-refractivity contribution in [1.82, 2.24) is 19.7 Å². The molecule has 0 radical (unpaired) electrons. The second-order valence-corrected chi connectivity index (χ2v) is 4.87. The van der Waals surface area contributed by atoms with E-state index in [0.717, 1.165) is 34.4 Å². The molecule has 0 saturated carbocycles. The molecule has 0 amide bonds. The molecule has 0 bridgehead atoms. The lowest BCUT2D eigenvalue weighted by atomic mass is 10.2. The number of hydrogen-bond acceptors (Lipinski definition) is 4. The van der Waals surface area contributed by atoms with Crippen LogP contribution in [0.4, 0.5) is 0 Å². The zero-order valence-electron chi connectivity index (χ0n) is 10.3. The van der Waals surface area contributed by atoms with Crippen molar-refractivity contribution in [1.29, 1.82) is 0 Å². The highest BCUT2D eigenvalue weighted by atomic mass is 32.2. The predicted molar refractivity (Wildman–Crippen MR) is 70.1 cm³/mol. The summed E-state index contributed by atoms with van der Waals surface area (Å²) in [6, 6.07) is 1.93. The maximum absolute atomic E-state index is 4.54. The first-order valence-corrected chi connectivity index (χ1v) is 6.73. The van der Waals surface area contributed by atoms with Gasteiger partial charge in [-0.2, -0.15) is 5.10 Å². The predicted octanol–water partition coefficient (Wildman–Crippen LogP) is 2.78. The Kier molecular flexibility index (Phi) is 3.78. The lowest BCUT2D eigenvalue weighted by Gasteiger charge is -2.00. The Hall–Kier alpha value is -1.36. The zero-order valence-corrected chi connectivity index (χ0v) is 11.2. The van der Waals surface area contributed by atoms with Gasteiger partial charge >= 0.3 is 0 Å². The fourth-order valence-corrected chi connectivity index (χ4v) is 2.18. The fourth-order valence-electron chi connectivity index (χ4n) is 1.62. The molecule has 0 unspecified atom stereocenters. The molecule has 5 heteroatoms. The van der Waals surface area contributed by atoms with Crippen molar-refractivity contribution in [2.24, 2.45) is 0 Å². The van der Waals surface area contributed by atoms with Gasteiger partial charge in [0.05, 0.1) is 11.4 Å². The molecule has 2 aromatic rings. The van der Waals surface area contributed by atoms with Crippen LogP contribution < -0.4 is 0 Å². The number of nitrogens with zero attached hydrogens (tertiary/aromatic N) is 4. The van der Waals surface area contributed by atoms with Crippen molar-refractivity contribution in [3.05, 3.63) is 24.2 Å². The molecule has 2 rings (SSSR count). The molecule has 0 N–H and O–H groups in total. The van der Waals surface area contributed by atoms with Crippen LogP contribution >= 0.6 is 11.8 Å². The SMILES string of the molecule is CCSc1nccc(-c2cn(CC)nc2C)n1. The summed E-state index contributed by atoms with van der Waals surface area (Å²) < 4.78 is 1.93. The first kappa shape index (κ1) is 12.1. The van der Waals surface area contributed by atoms with Crippen LogP contribution in [0.25, 0.3) is 11.3 Å². The minimum atomic E-state index is 0.827. The normalized spacial score (nSPS) is 10.8. The van der Waals surface area contributed by atoms with Gasteiger partial charge in [0, 0.05) is 24.5 Å². The van der Waals surface area contributed by atoms with Crippen molar-refractivity contribution in [2.45, 2.75) is 32.5 Å². The number of thioether (sulfide) groups is 1. The highest BCUT2D eigenvalue weighted by molar-refractivity contribution is 7.99. The van der Waals surface area contributed by atoms with Crippen LogP contribution in [0.15, 0.2) is 23.6 Å². The Morgan fingerprint density at radius 1 is 1.35 bits per heavy atom. The van der Waals surface area contributed by atoms with Gasteiger partial charge in [-0.1, -0.05) is 18.7 Å². The molecular formula is C12H16N4S. The Balaban J connectivity index is 2.37. The van der Waals surface area contributed by atoms with E-state index in [1.54, 1.807) is 11.8 Å². The Morgan fingerprint density at radius 3 is 2.82 bits per heavy atom. The number of aryl methyl sites for hydroxylation is 2. The molecule has 0 spiro atoms.